The summed E-state index contributed by atoms with van der Waals surface area (Å²) in [7, 11) is 1.64. The predicted molar refractivity (Wildman–Crippen MR) is 81.3 cm³/mol. The van der Waals surface area contributed by atoms with Gasteiger partial charge in [0.15, 0.2) is 0 Å². The maximum absolute atomic E-state index is 13.6. The second kappa shape index (κ2) is 5.84. The number of nitrogens with zero attached hydrogens (tertiary/aromatic N) is 2. The Balaban J connectivity index is 2.30. The lowest BCUT2D eigenvalue weighted by Crippen LogP contribution is -2.04. The fourth-order valence-electron chi connectivity index (χ4n) is 2.46. The molecular weight excluding hydrogens is 291 g/mol. The molecule has 0 N–H and O–H groups in total. The maximum atomic E-state index is 13.6. The zero-order valence-electron chi connectivity index (χ0n) is 11.5. The smallest absolute Gasteiger partial charge is 0.129 e. The van der Waals surface area contributed by atoms with Crippen LogP contribution in [0.2, 0.25) is 0 Å². The number of fused-ring (bicyclic) bond motifs is 1. The van der Waals surface area contributed by atoms with Crippen molar-refractivity contribution in [2.75, 3.05) is 7.11 Å². The minimum Gasteiger partial charge on any atom is -0.380 e. The summed E-state index contributed by atoms with van der Waals surface area (Å²) in [6.07, 6.45) is 0. The number of para-hydroxylation sites is 1. The van der Waals surface area contributed by atoms with Crippen LogP contribution >= 0.6 is 11.6 Å². The number of hydrogen-bond donors (Lipinski definition) is 0. The highest BCUT2D eigenvalue weighted by molar-refractivity contribution is 6.17. The van der Waals surface area contributed by atoms with E-state index in [-0.39, 0.29) is 11.7 Å². The first kappa shape index (κ1) is 14.0. The van der Waals surface area contributed by atoms with Crippen LogP contribution in [0.3, 0.4) is 0 Å². The molecule has 0 aliphatic heterocycles. The molecule has 0 saturated heterocycles. The van der Waals surface area contributed by atoms with E-state index in [0.29, 0.717) is 17.9 Å². The van der Waals surface area contributed by atoms with Gasteiger partial charge in [-0.15, -0.1) is 11.6 Å². The molecule has 0 aliphatic rings. The van der Waals surface area contributed by atoms with Crippen LogP contribution in [0.4, 0.5) is 4.39 Å². The fourth-order valence-corrected chi connectivity index (χ4v) is 2.64. The van der Waals surface area contributed by atoms with E-state index < -0.39 is 0 Å². The summed E-state index contributed by atoms with van der Waals surface area (Å²) in [6, 6.07) is 12.3. The number of imidazole rings is 1. The van der Waals surface area contributed by atoms with E-state index in [0.717, 1.165) is 16.8 Å². The minimum atomic E-state index is -0.297. The van der Waals surface area contributed by atoms with E-state index in [1.165, 1.54) is 12.1 Å². The van der Waals surface area contributed by atoms with E-state index >= 15 is 0 Å². The van der Waals surface area contributed by atoms with Gasteiger partial charge in [-0.3, -0.25) is 4.57 Å². The highest BCUT2D eigenvalue weighted by atomic mass is 35.5. The van der Waals surface area contributed by atoms with E-state index in [4.69, 9.17) is 16.3 Å². The van der Waals surface area contributed by atoms with Gasteiger partial charge in [0.2, 0.25) is 0 Å². The van der Waals surface area contributed by atoms with Gasteiger partial charge in [-0.2, -0.15) is 0 Å². The third-order valence-corrected chi connectivity index (χ3v) is 3.58. The van der Waals surface area contributed by atoms with Crippen molar-refractivity contribution in [3.8, 4) is 5.69 Å². The summed E-state index contributed by atoms with van der Waals surface area (Å²) >= 11 is 6.01. The third-order valence-electron chi connectivity index (χ3n) is 3.34. The molecule has 3 rings (SSSR count). The van der Waals surface area contributed by atoms with Crippen LogP contribution in [0.15, 0.2) is 42.5 Å². The van der Waals surface area contributed by atoms with Gasteiger partial charge < -0.3 is 4.74 Å². The van der Waals surface area contributed by atoms with E-state index in [9.17, 15) is 4.39 Å². The number of benzene rings is 2. The van der Waals surface area contributed by atoms with Crippen molar-refractivity contribution in [3.05, 3.63) is 59.7 Å². The van der Waals surface area contributed by atoms with E-state index in [2.05, 4.69) is 4.98 Å². The van der Waals surface area contributed by atoms with Crippen LogP contribution in [-0.4, -0.2) is 16.7 Å². The number of alkyl halides is 1. The first-order valence-corrected chi connectivity index (χ1v) is 7.08. The zero-order valence-corrected chi connectivity index (χ0v) is 12.3. The second-order valence-corrected chi connectivity index (χ2v) is 4.96. The predicted octanol–water partition coefficient (Wildman–Crippen LogP) is 4.05. The average molecular weight is 305 g/mol. The highest BCUT2D eigenvalue weighted by Gasteiger charge is 2.14. The Bertz CT molecular complexity index is 785. The molecule has 3 aromatic rings. The average Bonchev–Trinajstić information content (AvgIpc) is 2.86. The van der Waals surface area contributed by atoms with Crippen molar-refractivity contribution >= 4 is 22.6 Å². The molecule has 0 atom stereocenters. The van der Waals surface area contributed by atoms with Crippen LogP contribution < -0.4 is 0 Å². The number of ether oxygens (including phenoxy) is 1. The molecule has 0 bridgehead atoms. The number of aromatic nitrogens is 2. The van der Waals surface area contributed by atoms with Gasteiger partial charge in [0.25, 0.3) is 0 Å². The highest BCUT2D eigenvalue weighted by Crippen LogP contribution is 2.26. The molecule has 3 nitrogen and oxygen atoms in total. The summed E-state index contributed by atoms with van der Waals surface area (Å²) < 4.78 is 20.7. The fraction of sp³-hybridized carbons (Fsp3) is 0.188. The molecule has 2 aromatic carbocycles. The largest absolute Gasteiger partial charge is 0.380 e. The Hall–Kier alpha value is -1.91. The maximum Gasteiger partial charge on any atom is 0.129 e. The van der Waals surface area contributed by atoms with Crippen molar-refractivity contribution in [1.29, 1.82) is 0 Å². The molecule has 0 fully saturated rings. The number of rotatable bonds is 4. The summed E-state index contributed by atoms with van der Waals surface area (Å²) in [5.74, 6) is 0.632. The van der Waals surface area contributed by atoms with Gasteiger partial charge in [-0.25, -0.2) is 9.37 Å². The number of methoxy groups -OCH3 is 1. The molecule has 0 unspecified atom stereocenters. The molecule has 108 valence electrons. The Morgan fingerprint density at radius 1 is 1.24 bits per heavy atom. The molecular formula is C16H14ClFN2O. The Labute approximate surface area is 126 Å². The monoisotopic (exact) mass is 304 g/mol. The standard InChI is InChI=1S/C16H14ClFN2O/c1-21-10-11-4-2-3-5-14(11)20-15-8-12(18)6-7-13(15)19-16(20)9-17/h2-8H,9-10H2,1H3. The van der Waals surface area contributed by atoms with Crippen molar-refractivity contribution in [2.24, 2.45) is 0 Å². The zero-order chi connectivity index (χ0) is 14.8. The van der Waals surface area contributed by atoms with Gasteiger partial charge in [0, 0.05) is 18.7 Å². The summed E-state index contributed by atoms with van der Waals surface area (Å²) in [6.45, 7) is 0.465. The van der Waals surface area contributed by atoms with Crippen LogP contribution in [0.1, 0.15) is 11.4 Å². The molecule has 5 heteroatoms. The SMILES string of the molecule is COCc1ccccc1-n1c(CCl)nc2ccc(F)cc21. The molecule has 21 heavy (non-hydrogen) atoms. The van der Waals surface area contributed by atoms with Gasteiger partial charge in [0.1, 0.15) is 11.6 Å². The Morgan fingerprint density at radius 2 is 2.05 bits per heavy atom. The lowest BCUT2D eigenvalue weighted by molar-refractivity contribution is 0.185. The first-order valence-electron chi connectivity index (χ1n) is 6.54. The van der Waals surface area contributed by atoms with Crippen LogP contribution in [-0.2, 0) is 17.2 Å². The summed E-state index contributed by atoms with van der Waals surface area (Å²) in [5.41, 5.74) is 3.33. The van der Waals surface area contributed by atoms with Gasteiger partial charge in [-0.05, 0) is 18.2 Å². The van der Waals surface area contributed by atoms with Gasteiger partial charge >= 0.3 is 0 Å². The Morgan fingerprint density at radius 3 is 2.81 bits per heavy atom. The lowest BCUT2D eigenvalue weighted by atomic mass is 10.1. The molecule has 0 amide bonds. The Kier molecular flexibility index (Phi) is 3.90. The van der Waals surface area contributed by atoms with Gasteiger partial charge in [0.05, 0.1) is 29.2 Å². The van der Waals surface area contributed by atoms with Crippen molar-refractivity contribution in [1.82, 2.24) is 9.55 Å². The minimum absolute atomic E-state index is 0.248. The van der Waals surface area contributed by atoms with Crippen molar-refractivity contribution in [3.63, 3.8) is 0 Å². The van der Waals surface area contributed by atoms with Crippen molar-refractivity contribution in [2.45, 2.75) is 12.5 Å². The molecule has 1 aromatic heterocycles. The summed E-state index contributed by atoms with van der Waals surface area (Å²) in [5, 5.41) is 0. The molecule has 0 saturated carbocycles. The normalized spacial score (nSPS) is 11.2. The summed E-state index contributed by atoms with van der Waals surface area (Å²) in [4.78, 5) is 4.47. The van der Waals surface area contributed by atoms with Crippen molar-refractivity contribution < 1.29 is 9.13 Å². The van der Waals surface area contributed by atoms with Crippen LogP contribution in [0.5, 0.6) is 0 Å². The molecule has 0 aliphatic carbocycles. The lowest BCUT2D eigenvalue weighted by Gasteiger charge is -2.13. The second-order valence-electron chi connectivity index (χ2n) is 4.69. The molecule has 0 spiro atoms. The number of hydrogen-bond acceptors (Lipinski definition) is 2. The van der Waals surface area contributed by atoms with Gasteiger partial charge in [-0.1, -0.05) is 18.2 Å². The molecule has 0 radical (unpaired) electrons. The van der Waals surface area contributed by atoms with E-state index in [1.807, 2.05) is 28.8 Å². The number of halogens is 2. The third kappa shape index (κ3) is 2.52. The van der Waals surface area contributed by atoms with Crippen LogP contribution in [0, 0.1) is 5.82 Å². The quantitative estimate of drug-likeness (QED) is 0.680. The molecule has 1 heterocycles. The first-order chi connectivity index (χ1) is 10.2. The topological polar surface area (TPSA) is 27.1 Å². The van der Waals surface area contributed by atoms with Crippen LogP contribution in [0.25, 0.3) is 16.7 Å². The van der Waals surface area contributed by atoms with E-state index in [1.54, 1.807) is 13.2 Å².